The summed E-state index contributed by atoms with van der Waals surface area (Å²) < 4.78 is 0. The molecule has 1 aromatic heterocycles. The topological polar surface area (TPSA) is 37.7 Å². The maximum atomic E-state index is 6.06. The predicted octanol–water partition coefficient (Wildman–Crippen LogP) is 3.16. The molecule has 0 saturated carbocycles. The Morgan fingerprint density at radius 2 is 2.18 bits per heavy atom. The summed E-state index contributed by atoms with van der Waals surface area (Å²) in [5, 5.41) is 5.38. The van der Waals surface area contributed by atoms with Crippen molar-refractivity contribution in [1.29, 1.82) is 0 Å². The molecule has 0 aliphatic carbocycles. The maximum Gasteiger partial charge on any atom is 0.187 e. The van der Waals surface area contributed by atoms with Crippen molar-refractivity contribution >= 4 is 34.3 Å². The molecule has 0 N–H and O–H groups in total. The molecule has 1 aliphatic rings. The van der Waals surface area contributed by atoms with Crippen molar-refractivity contribution in [3.8, 4) is 0 Å². The number of hydrogen-bond acceptors (Lipinski definition) is 5. The summed E-state index contributed by atoms with van der Waals surface area (Å²) in [5.74, 6) is 0. The number of oxime groups is 1. The van der Waals surface area contributed by atoms with Crippen molar-refractivity contribution in [2.24, 2.45) is 5.16 Å². The average molecular weight is 274 g/mol. The molecule has 1 aromatic rings. The molecule has 0 spiro atoms. The highest BCUT2D eigenvalue weighted by Gasteiger charge is 2.17. The molecule has 1 aliphatic heterocycles. The summed E-state index contributed by atoms with van der Waals surface area (Å²) in [6.07, 6.45) is 4.18. The quantitative estimate of drug-likeness (QED) is 0.625. The summed E-state index contributed by atoms with van der Waals surface area (Å²) in [5.41, 5.74) is 0. The Balaban J connectivity index is 2.05. The van der Waals surface area contributed by atoms with Gasteiger partial charge in [0.05, 0.1) is 11.1 Å². The van der Waals surface area contributed by atoms with Gasteiger partial charge in [0, 0.05) is 13.1 Å². The molecule has 2 heterocycles. The number of halogens is 1. The Labute approximate surface area is 110 Å². The Kier molecular flexibility index (Phi) is 4.23. The van der Waals surface area contributed by atoms with E-state index >= 15 is 0 Å². The van der Waals surface area contributed by atoms with E-state index in [1.165, 1.54) is 12.8 Å². The fourth-order valence-corrected chi connectivity index (χ4v) is 2.79. The summed E-state index contributed by atoms with van der Waals surface area (Å²) in [6, 6.07) is 0. The second kappa shape index (κ2) is 5.69. The first kappa shape index (κ1) is 12.6. The fraction of sp³-hybridized carbons (Fsp3) is 0.636. The van der Waals surface area contributed by atoms with Gasteiger partial charge >= 0.3 is 0 Å². The Morgan fingerprint density at radius 1 is 1.47 bits per heavy atom. The molecule has 0 atom stereocenters. The number of aromatic nitrogens is 1. The van der Waals surface area contributed by atoms with E-state index in [0.717, 1.165) is 23.1 Å². The van der Waals surface area contributed by atoms with E-state index in [1.54, 1.807) is 17.6 Å². The SMILES string of the molecule is CC(C)ON=Cc1sc(N2CCCC2)nc1Cl. The molecule has 6 heteroatoms. The highest BCUT2D eigenvalue weighted by molar-refractivity contribution is 7.17. The van der Waals surface area contributed by atoms with E-state index in [-0.39, 0.29) is 6.10 Å². The highest BCUT2D eigenvalue weighted by atomic mass is 35.5. The van der Waals surface area contributed by atoms with Crippen LogP contribution in [0.2, 0.25) is 5.15 Å². The minimum absolute atomic E-state index is 0.0796. The van der Waals surface area contributed by atoms with Crippen molar-refractivity contribution < 1.29 is 4.84 Å². The second-order valence-electron chi connectivity index (χ2n) is 4.23. The van der Waals surface area contributed by atoms with Crippen LogP contribution in [0.5, 0.6) is 0 Å². The summed E-state index contributed by atoms with van der Waals surface area (Å²) in [7, 11) is 0. The Bertz CT molecular complexity index is 399. The smallest absolute Gasteiger partial charge is 0.187 e. The number of anilines is 1. The van der Waals surface area contributed by atoms with Gasteiger partial charge in [0.25, 0.3) is 0 Å². The monoisotopic (exact) mass is 273 g/mol. The van der Waals surface area contributed by atoms with Gasteiger partial charge in [-0.2, -0.15) is 0 Å². The van der Waals surface area contributed by atoms with Gasteiger partial charge in [0.1, 0.15) is 6.10 Å². The Morgan fingerprint density at radius 3 is 2.82 bits per heavy atom. The van der Waals surface area contributed by atoms with Crippen LogP contribution in [0.1, 0.15) is 31.6 Å². The van der Waals surface area contributed by atoms with Crippen LogP contribution < -0.4 is 4.90 Å². The minimum Gasteiger partial charge on any atom is -0.393 e. The molecule has 1 fully saturated rings. The van der Waals surface area contributed by atoms with Gasteiger partial charge in [-0.15, -0.1) is 0 Å². The lowest BCUT2D eigenvalue weighted by Gasteiger charge is -2.11. The van der Waals surface area contributed by atoms with Crippen LogP contribution in [0, 0.1) is 0 Å². The number of hydrogen-bond donors (Lipinski definition) is 0. The molecular weight excluding hydrogens is 258 g/mol. The molecule has 0 bridgehead atoms. The van der Waals surface area contributed by atoms with Crippen LogP contribution in [0.15, 0.2) is 5.16 Å². The van der Waals surface area contributed by atoms with Crippen LogP contribution >= 0.6 is 22.9 Å². The third-order valence-corrected chi connectivity index (χ3v) is 3.87. The molecule has 17 heavy (non-hydrogen) atoms. The van der Waals surface area contributed by atoms with Gasteiger partial charge in [-0.05, 0) is 26.7 Å². The van der Waals surface area contributed by atoms with E-state index in [4.69, 9.17) is 16.4 Å². The molecular formula is C11H16ClN3OS. The largest absolute Gasteiger partial charge is 0.393 e. The molecule has 1 saturated heterocycles. The maximum absolute atomic E-state index is 6.06. The first-order chi connectivity index (χ1) is 8.16. The van der Waals surface area contributed by atoms with Gasteiger partial charge in [-0.3, -0.25) is 0 Å². The molecule has 0 radical (unpaired) electrons. The van der Waals surface area contributed by atoms with Crippen LogP contribution in [0.3, 0.4) is 0 Å². The summed E-state index contributed by atoms with van der Waals surface area (Å²) >= 11 is 7.63. The highest BCUT2D eigenvalue weighted by Crippen LogP contribution is 2.30. The van der Waals surface area contributed by atoms with Gasteiger partial charge < -0.3 is 9.74 Å². The lowest BCUT2D eigenvalue weighted by molar-refractivity contribution is 0.0874. The summed E-state index contributed by atoms with van der Waals surface area (Å²) in [6.45, 7) is 6.01. The molecule has 0 amide bonds. The lowest BCUT2D eigenvalue weighted by Crippen LogP contribution is -2.16. The van der Waals surface area contributed by atoms with E-state index in [1.807, 2.05) is 13.8 Å². The van der Waals surface area contributed by atoms with Crippen LogP contribution in [-0.2, 0) is 4.84 Å². The molecule has 0 unspecified atom stereocenters. The second-order valence-corrected chi connectivity index (χ2v) is 5.60. The summed E-state index contributed by atoms with van der Waals surface area (Å²) in [4.78, 5) is 12.6. The normalized spacial score (nSPS) is 16.4. The Hall–Kier alpha value is -0.810. The van der Waals surface area contributed by atoms with Crippen molar-refractivity contribution in [2.75, 3.05) is 18.0 Å². The zero-order valence-corrected chi connectivity index (χ0v) is 11.6. The number of nitrogens with zero attached hydrogens (tertiary/aromatic N) is 3. The first-order valence-corrected chi connectivity index (χ1v) is 6.96. The fourth-order valence-electron chi connectivity index (χ4n) is 1.63. The van der Waals surface area contributed by atoms with Gasteiger partial charge in [-0.1, -0.05) is 28.1 Å². The van der Waals surface area contributed by atoms with Crippen LogP contribution in [0.25, 0.3) is 0 Å². The van der Waals surface area contributed by atoms with Crippen molar-refractivity contribution in [1.82, 2.24) is 4.98 Å². The molecule has 0 aromatic carbocycles. The minimum atomic E-state index is 0.0796. The molecule has 2 rings (SSSR count). The van der Waals surface area contributed by atoms with Crippen molar-refractivity contribution in [2.45, 2.75) is 32.8 Å². The molecule has 4 nitrogen and oxygen atoms in total. The number of rotatable bonds is 4. The van der Waals surface area contributed by atoms with E-state index in [2.05, 4.69) is 15.0 Å². The average Bonchev–Trinajstić information content (AvgIpc) is 2.87. The van der Waals surface area contributed by atoms with Gasteiger partial charge in [0.2, 0.25) is 0 Å². The first-order valence-electron chi connectivity index (χ1n) is 5.77. The zero-order chi connectivity index (χ0) is 12.3. The predicted molar refractivity (Wildman–Crippen MR) is 72.4 cm³/mol. The van der Waals surface area contributed by atoms with Crippen LogP contribution in [-0.4, -0.2) is 30.4 Å². The van der Waals surface area contributed by atoms with Crippen molar-refractivity contribution in [3.05, 3.63) is 10.0 Å². The third-order valence-electron chi connectivity index (χ3n) is 2.42. The lowest BCUT2D eigenvalue weighted by atomic mass is 10.4. The van der Waals surface area contributed by atoms with Crippen LogP contribution in [0.4, 0.5) is 5.13 Å². The van der Waals surface area contributed by atoms with E-state index in [0.29, 0.717) is 5.15 Å². The van der Waals surface area contributed by atoms with Gasteiger partial charge in [-0.25, -0.2) is 4.98 Å². The zero-order valence-electron chi connectivity index (χ0n) is 10.0. The van der Waals surface area contributed by atoms with E-state index in [9.17, 15) is 0 Å². The van der Waals surface area contributed by atoms with Gasteiger partial charge in [0.15, 0.2) is 10.3 Å². The number of thiazole rings is 1. The van der Waals surface area contributed by atoms with E-state index < -0.39 is 0 Å². The standard InChI is InChI=1S/C11H16ClN3OS/c1-8(2)16-13-7-9-10(12)14-11(17-9)15-5-3-4-6-15/h7-8H,3-6H2,1-2H3. The molecule has 94 valence electrons. The third kappa shape index (κ3) is 3.33. The van der Waals surface area contributed by atoms with Crippen molar-refractivity contribution in [3.63, 3.8) is 0 Å².